The molecule has 2 unspecified atom stereocenters. The molecule has 1 aliphatic carbocycles. The number of hydrogen-bond acceptors (Lipinski definition) is 3. The van der Waals surface area contributed by atoms with Gasteiger partial charge in [-0.25, -0.2) is 0 Å². The van der Waals surface area contributed by atoms with E-state index in [-0.39, 0.29) is 23.7 Å². The third-order valence-corrected chi connectivity index (χ3v) is 6.45. The van der Waals surface area contributed by atoms with Gasteiger partial charge in [0.15, 0.2) is 0 Å². The Morgan fingerprint density at radius 3 is 2.41 bits per heavy atom. The van der Waals surface area contributed by atoms with E-state index in [2.05, 4.69) is 28.4 Å². The van der Waals surface area contributed by atoms with E-state index in [9.17, 15) is 9.59 Å². The number of hydrogen-bond donors (Lipinski definition) is 1. The summed E-state index contributed by atoms with van der Waals surface area (Å²) in [5.41, 5.74) is 4.25. The van der Waals surface area contributed by atoms with Gasteiger partial charge in [0.05, 0.1) is 11.8 Å². The maximum absolute atomic E-state index is 12.9. The number of carbonyl (C=O) groups is 2. The van der Waals surface area contributed by atoms with E-state index in [4.69, 9.17) is 0 Å². The van der Waals surface area contributed by atoms with Crippen LogP contribution in [-0.4, -0.2) is 31.4 Å². The van der Waals surface area contributed by atoms with Gasteiger partial charge in [0.25, 0.3) is 0 Å². The number of benzene rings is 2. The molecule has 1 saturated heterocycles. The molecular weight excluding hydrogens is 362 g/mol. The Labute approximate surface area is 171 Å². The number of rotatable bonds is 4. The molecule has 0 spiro atoms. The van der Waals surface area contributed by atoms with E-state index in [0.29, 0.717) is 6.42 Å². The van der Waals surface area contributed by atoms with Crippen LogP contribution in [0.5, 0.6) is 0 Å². The summed E-state index contributed by atoms with van der Waals surface area (Å²) < 4.78 is 0. The Kier molecular flexibility index (Phi) is 4.74. The first-order valence-electron chi connectivity index (χ1n) is 10.8. The van der Waals surface area contributed by atoms with Crippen molar-refractivity contribution in [3.05, 3.63) is 54.1 Å². The summed E-state index contributed by atoms with van der Waals surface area (Å²) in [6, 6.07) is 16.2. The number of carbonyl (C=O) groups excluding carboxylic acids is 2. The lowest BCUT2D eigenvalue weighted by molar-refractivity contribution is -0.123. The minimum Gasteiger partial charge on any atom is -0.372 e. The van der Waals surface area contributed by atoms with Gasteiger partial charge in [-0.2, -0.15) is 0 Å². The predicted octanol–water partition coefficient (Wildman–Crippen LogP) is 3.84. The summed E-state index contributed by atoms with van der Waals surface area (Å²) >= 11 is 0. The average molecular weight is 389 g/mol. The van der Waals surface area contributed by atoms with Crippen molar-refractivity contribution in [3.8, 4) is 0 Å². The molecule has 5 heteroatoms. The van der Waals surface area contributed by atoms with Gasteiger partial charge >= 0.3 is 0 Å². The van der Waals surface area contributed by atoms with Crippen LogP contribution in [0.3, 0.4) is 0 Å². The molecule has 2 aromatic carbocycles. The molecule has 0 aromatic heterocycles. The van der Waals surface area contributed by atoms with E-state index in [0.717, 1.165) is 37.4 Å². The van der Waals surface area contributed by atoms with Crippen LogP contribution in [0.15, 0.2) is 48.5 Å². The van der Waals surface area contributed by atoms with Crippen molar-refractivity contribution in [2.45, 2.75) is 32.1 Å². The first kappa shape index (κ1) is 18.2. The number of fused-ring (bicyclic) bond motifs is 1. The highest BCUT2D eigenvalue weighted by atomic mass is 16.2. The number of para-hydroxylation sites is 1. The molecule has 0 bridgehead atoms. The first-order valence-corrected chi connectivity index (χ1v) is 10.8. The fraction of sp³-hybridized carbons (Fsp3) is 0.417. The second-order valence-electron chi connectivity index (χ2n) is 8.40. The van der Waals surface area contributed by atoms with Crippen LogP contribution in [0.1, 0.15) is 31.2 Å². The summed E-state index contributed by atoms with van der Waals surface area (Å²) in [4.78, 5) is 29.8. The Morgan fingerprint density at radius 2 is 1.62 bits per heavy atom. The fourth-order valence-electron chi connectivity index (χ4n) is 4.67. The molecule has 5 rings (SSSR count). The van der Waals surface area contributed by atoms with Gasteiger partial charge in [0.1, 0.15) is 0 Å². The summed E-state index contributed by atoms with van der Waals surface area (Å²) in [5.74, 6) is -0.345. The molecule has 150 valence electrons. The Morgan fingerprint density at radius 1 is 0.862 bits per heavy atom. The third-order valence-electron chi connectivity index (χ3n) is 6.45. The maximum atomic E-state index is 12.9. The van der Waals surface area contributed by atoms with Crippen LogP contribution in [0.25, 0.3) is 0 Å². The van der Waals surface area contributed by atoms with Crippen LogP contribution in [0.4, 0.5) is 17.1 Å². The van der Waals surface area contributed by atoms with Gasteiger partial charge in [-0.05, 0) is 68.0 Å². The molecule has 2 amide bonds. The average Bonchev–Trinajstić information content (AvgIpc) is 3.46. The van der Waals surface area contributed by atoms with Crippen LogP contribution in [-0.2, 0) is 16.0 Å². The summed E-state index contributed by atoms with van der Waals surface area (Å²) in [6.45, 7) is 2.94. The number of nitrogens with one attached hydrogen (secondary N) is 1. The Bertz CT molecular complexity index is 918. The van der Waals surface area contributed by atoms with Gasteiger partial charge in [-0.3, -0.25) is 9.59 Å². The molecule has 0 radical (unpaired) electrons. The van der Waals surface area contributed by atoms with E-state index < -0.39 is 0 Å². The molecule has 2 atom stereocenters. The quantitative estimate of drug-likeness (QED) is 0.864. The van der Waals surface area contributed by atoms with Gasteiger partial charge in [0.2, 0.25) is 11.8 Å². The molecule has 5 nitrogen and oxygen atoms in total. The van der Waals surface area contributed by atoms with Crippen molar-refractivity contribution in [2.75, 3.05) is 34.8 Å². The first-order chi connectivity index (χ1) is 14.2. The minimum atomic E-state index is -0.211. The number of nitrogens with zero attached hydrogens (tertiary/aromatic N) is 2. The van der Waals surface area contributed by atoms with Crippen LogP contribution in [0, 0.1) is 11.8 Å². The van der Waals surface area contributed by atoms with Crippen LogP contribution >= 0.6 is 0 Å². The van der Waals surface area contributed by atoms with E-state index in [1.165, 1.54) is 30.5 Å². The van der Waals surface area contributed by atoms with Crippen molar-refractivity contribution in [2.24, 2.45) is 11.8 Å². The monoisotopic (exact) mass is 389 g/mol. The number of piperidine rings is 1. The lowest BCUT2D eigenvalue weighted by atomic mass is 10.1. The summed E-state index contributed by atoms with van der Waals surface area (Å²) in [5, 5.41) is 3.00. The normalized spacial score (nSPS) is 22.9. The lowest BCUT2D eigenvalue weighted by Gasteiger charge is -2.28. The van der Waals surface area contributed by atoms with Crippen molar-refractivity contribution < 1.29 is 9.59 Å². The highest BCUT2D eigenvalue weighted by Crippen LogP contribution is 2.43. The molecule has 2 fully saturated rings. The molecule has 1 saturated carbocycles. The topological polar surface area (TPSA) is 52.7 Å². The van der Waals surface area contributed by atoms with E-state index in [1.54, 1.807) is 0 Å². The molecule has 2 aliphatic heterocycles. The van der Waals surface area contributed by atoms with Gasteiger partial charge in [-0.15, -0.1) is 0 Å². The van der Waals surface area contributed by atoms with Crippen molar-refractivity contribution >= 4 is 28.9 Å². The van der Waals surface area contributed by atoms with Crippen molar-refractivity contribution in [3.63, 3.8) is 0 Å². The van der Waals surface area contributed by atoms with E-state index in [1.807, 2.05) is 35.2 Å². The van der Waals surface area contributed by atoms with Crippen LogP contribution in [0.2, 0.25) is 0 Å². The SMILES string of the molecule is O=C(Nc1ccc(N2CCCCC2)cc1)C1CC1C(=O)N1CCc2ccccc21. The Hall–Kier alpha value is -2.82. The Balaban J connectivity index is 1.18. The zero-order chi connectivity index (χ0) is 19.8. The predicted molar refractivity (Wildman–Crippen MR) is 115 cm³/mol. The van der Waals surface area contributed by atoms with E-state index >= 15 is 0 Å². The minimum absolute atomic E-state index is 0.0402. The molecule has 2 aromatic rings. The highest BCUT2D eigenvalue weighted by molar-refractivity contribution is 6.05. The smallest absolute Gasteiger partial charge is 0.230 e. The summed E-state index contributed by atoms with van der Waals surface area (Å²) in [7, 11) is 0. The highest BCUT2D eigenvalue weighted by Gasteiger charge is 2.50. The van der Waals surface area contributed by atoms with Gasteiger partial charge < -0.3 is 15.1 Å². The second-order valence-corrected chi connectivity index (χ2v) is 8.40. The molecule has 3 aliphatic rings. The molecular formula is C24H27N3O2. The fourth-order valence-corrected chi connectivity index (χ4v) is 4.67. The number of anilines is 3. The zero-order valence-corrected chi connectivity index (χ0v) is 16.6. The van der Waals surface area contributed by atoms with Crippen molar-refractivity contribution in [1.82, 2.24) is 0 Å². The number of amides is 2. The standard InChI is InChI=1S/C24H27N3O2/c28-23(25-18-8-10-19(11-9-18)26-13-4-1-5-14-26)20-16-21(20)24(29)27-15-12-17-6-2-3-7-22(17)27/h2-3,6-11,20-21H,1,4-5,12-16H2,(H,25,28). The zero-order valence-electron chi connectivity index (χ0n) is 16.6. The lowest BCUT2D eigenvalue weighted by Crippen LogP contribution is -2.32. The summed E-state index contributed by atoms with van der Waals surface area (Å²) in [6.07, 6.45) is 5.35. The third kappa shape index (κ3) is 3.61. The maximum Gasteiger partial charge on any atom is 0.230 e. The largest absolute Gasteiger partial charge is 0.372 e. The second kappa shape index (κ2) is 7.54. The molecule has 2 heterocycles. The van der Waals surface area contributed by atoms with Gasteiger partial charge in [0, 0.05) is 36.7 Å². The molecule has 29 heavy (non-hydrogen) atoms. The molecule has 1 N–H and O–H groups in total. The van der Waals surface area contributed by atoms with Crippen LogP contribution < -0.4 is 15.1 Å². The van der Waals surface area contributed by atoms with Gasteiger partial charge in [-0.1, -0.05) is 18.2 Å². The van der Waals surface area contributed by atoms with Crippen molar-refractivity contribution in [1.29, 1.82) is 0 Å².